The minimum Gasteiger partial charge on any atom is -0.394 e. The molecule has 5 atom stereocenters. The van der Waals surface area contributed by atoms with Crippen molar-refractivity contribution in [2.75, 3.05) is 13.7 Å². The highest BCUT2D eigenvalue weighted by Crippen LogP contribution is 2.54. The fraction of sp³-hybridized carbons (Fsp3) is 1.00. The average Bonchev–Trinajstić information content (AvgIpc) is 2.87. The van der Waals surface area contributed by atoms with E-state index in [1.165, 1.54) is 7.11 Å². The van der Waals surface area contributed by atoms with Crippen molar-refractivity contribution in [1.29, 1.82) is 0 Å². The van der Waals surface area contributed by atoms with Crippen LogP contribution < -0.4 is 0 Å². The zero-order valence-electron chi connectivity index (χ0n) is 7.38. The number of ether oxygens (including phenoxy) is 2. The van der Waals surface area contributed by atoms with Gasteiger partial charge in [-0.05, 0) is 0 Å². The highest BCUT2D eigenvalue weighted by atomic mass is 16.7. The lowest BCUT2D eigenvalue weighted by atomic mass is 10.0. The first-order valence-electron chi connectivity index (χ1n) is 4.34. The largest absolute Gasteiger partial charge is 0.394 e. The van der Waals surface area contributed by atoms with Crippen LogP contribution in [0.2, 0.25) is 0 Å². The van der Waals surface area contributed by atoms with Crippen molar-refractivity contribution in [1.82, 2.24) is 0 Å². The Kier molecular flexibility index (Phi) is 2.08. The normalized spacial score (nSPS) is 54.5. The van der Waals surface area contributed by atoms with Crippen molar-refractivity contribution in [3.63, 3.8) is 0 Å². The van der Waals surface area contributed by atoms with Gasteiger partial charge in [0.1, 0.15) is 12.2 Å². The second kappa shape index (κ2) is 2.90. The summed E-state index contributed by atoms with van der Waals surface area (Å²) in [7, 11) is 1.50. The SMILES string of the molecule is COC12CC1C(O)C(O)C(CO)O2. The van der Waals surface area contributed by atoms with Gasteiger partial charge in [-0.3, -0.25) is 0 Å². The number of fused-ring (bicyclic) bond motifs is 1. The standard InChI is InChI=1S/C8H14O5/c1-12-8-2-4(8)6(10)7(11)5(3-9)13-8/h4-7,9-11H,2-3H2,1H3. The fourth-order valence-corrected chi connectivity index (χ4v) is 1.98. The van der Waals surface area contributed by atoms with Crippen molar-refractivity contribution >= 4 is 0 Å². The number of aliphatic hydroxyl groups excluding tert-OH is 3. The van der Waals surface area contributed by atoms with Crippen LogP contribution >= 0.6 is 0 Å². The molecule has 1 aliphatic heterocycles. The maximum Gasteiger partial charge on any atom is 0.174 e. The molecule has 5 nitrogen and oxygen atoms in total. The van der Waals surface area contributed by atoms with Gasteiger partial charge in [-0.15, -0.1) is 0 Å². The van der Waals surface area contributed by atoms with Crippen LogP contribution in [0.25, 0.3) is 0 Å². The molecule has 3 N–H and O–H groups in total. The van der Waals surface area contributed by atoms with Gasteiger partial charge in [-0.1, -0.05) is 0 Å². The third kappa shape index (κ3) is 1.19. The molecule has 0 bridgehead atoms. The van der Waals surface area contributed by atoms with Crippen LogP contribution in [0.1, 0.15) is 6.42 Å². The van der Waals surface area contributed by atoms with Crippen LogP contribution in [0.15, 0.2) is 0 Å². The molecule has 76 valence electrons. The van der Waals surface area contributed by atoms with Gasteiger partial charge in [0.05, 0.1) is 12.7 Å². The summed E-state index contributed by atoms with van der Waals surface area (Å²) in [5.41, 5.74) is 0. The number of hydrogen-bond donors (Lipinski definition) is 3. The summed E-state index contributed by atoms with van der Waals surface area (Å²) < 4.78 is 10.4. The summed E-state index contributed by atoms with van der Waals surface area (Å²) in [5, 5.41) is 27.9. The monoisotopic (exact) mass is 190 g/mol. The van der Waals surface area contributed by atoms with Crippen LogP contribution in [0, 0.1) is 5.92 Å². The van der Waals surface area contributed by atoms with Crippen molar-refractivity contribution in [2.45, 2.75) is 30.5 Å². The van der Waals surface area contributed by atoms with E-state index in [4.69, 9.17) is 14.6 Å². The maximum absolute atomic E-state index is 9.56. The van der Waals surface area contributed by atoms with Crippen molar-refractivity contribution < 1.29 is 24.8 Å². The van der Waals surface area contributed by atoms with Gasteiger partial charge in [-0.2, -0.15) is 0 Å². The van der Waals surface area contributed by atoms with E-state index in [2.05, 4.69) is 0 Å². The predicted molar refractivity (Wildman–Crippen MR) is 41.8 cm³/mol. The summed E-state index contributed by atoms with van der Waals surface area (Å²) >= 11 is 0. The van der Waals surface area contributed by atoms with Crippen LogP contribution in [0.5, 0.6) is 0 Å². The van der Waals surface area contributed by atoms with Gasteiger partial charge in [0.15, 0.2) is 5.79 Å². The van der Waals surface area contributed by atoms with Gasteiger partial charge in [-0.25, -0.2) is 0 Å². The summed E-state index contributed by atoms with van der Waals surface area (Å²) in [6.07, 6.45) is -2.03. The fourth-order valence-electron chi connectivity index (χ4n) is 1.98. The van der Waals surface area contributed by atoms with E-state index in [1.807, 2.05) is 0 Å². The first-order valence-corrected chi connectivity index (χ1v) is 4.34. The Morgan fingerprint density at radius 1 is 1.46 bits per heavy atom. The molecule has 1 heterocycles. The average molecular weight is 190 g/mol. The quantitative estimate of drug-likeness (QED) is 0.492. The van der Waals surface area contributed by atoms with E-state index in [-0.39, 0.29) is 12.5 Å². The van der Waals surface area contributed by atoms with Crippen LogP contribution in [-0.2, 0) is 9.47 Å². The van der Waals surface area contributed by atoms with E-state index >= 15 is 0 Å². The minimum atomic E-state index is -1.01. The Balaban J connectivity index is 2.11. The second-order valence-electron chi connectivity index (χ2n) is 3.65. The van der Waals surface area contributed by atoms with Crippen molar-refractivity contribution in [2.24, 2.45) is 5.92 Å². The molecule has 1 saturated carbocycles. The maximum atomic E-state index is 9.56. The van der Waals surface area contributed by atoms with E-state index in [0.717, 1.165) is 0 Å². The number of methoxy groups -OCH3 is 1. The smallest absolute Gasteiger partial charge is 0.174 e. The Morgan fingerprint density at radius 3 is 2.69 bits per heavy atom. The Hall–Kier alpha value is -0.200. The van der Waals surface area contributed by atoms with Crippen LogP contribution in [0.4, 0.5) is 0 Å². The predicted octanol–water partition coefficient (Wildman–Crippen LogP) is -1.54. The highest BCUT2D eigenvalue weighted by molar-refractivity contribution is 5.08. The molecule has 2 fully saturated rings. The van der Waals surface area contributed by atoms with Crippen molar-refractivity contribution in [3.05, 3.63) is 0 Å². The van der Waals surface area contributed by atoms with E-state index in [9.17, 15) is 10.2 Å². The Labute approximate surface area is 75.9 Å². The molecule has 0 aromatic carbocycles. The zero-order valence-corrected chi connectivity index (χ0v) is 7.38. The van der Waals surface area contributed by atoms with Crippen LogP contribution in [0.3, 0.4) is 0 Å². The number of hydrogen-bond acceptors (Lipinski definition) is 5. The summed E-state index contributed by atoms with van der Waals surface area (Å²) in [6, 6.07) is 0. The van der Waals surface area contributed by atoms with Gasteiger partial charge >= 0.3 is 0 Å². The summed E-state index contributed by atoms with van der Waals surface area (Å²) in [6.45, 7) is -0.309. The molecule has 0 aromatic heterocycles. The molecule has 1 saturated heterocycles. The van der Waals surface area contributed by atoms with E-state index in [0.29, 0.717) is 6.42 Å². The zero-order chi connectivity index (χ0) is 9.64. The minimum absolute atomic E-state index is 0.157. The molecule has 5 unspecified atom stereocenters. The molecular weight excluding hydrogens is 176 g/mol. The highest BCUT2D eigenvalue weighted by Gasteiger charge is 2.66. The molecule has 1 aliphatic carbocycles. The first-order chi connectivity index (χ1) is 6.14. The number of rotatable bonds is 2. The molecule has 13 heavy (non-hydrogen) atoms. The van der Waals surface area contributed by atoms with Crippen LogP contribution in [-0.4, -0.2) is 53.1 Å². The molecule has 0 spiro atoms. The molecule has 0 aromatic rings. The van der Waals surface area contributed by atoms with Gasteiger partial charge in [0, 0.05) is 19.4 Å². The lowest BCUT2D eigenvalue weighted by molar-refractivity contribution is -0.262. The van der Waals surface area contributed by atoms with Crippen molar-refractivity contribution in [3.8, 4) is 0 Å². The molecule has 5 heteroatoms. The van der Waals surface area contributed by atoms with Gasteiger partial charge in [0.2, 0.25) is 0 Å². The number of aliphatic hydroxyl groups is 3. The first kappa shape index (κ1) is 9.36. The summed E-state index contributed by atoms with van der Waals surface area (Å²) in [4.78, 5) is 0. The van der Waals surface area contributed by atoms with Gasteiger partial charge in [0.25, 0.3) is 0 Å². The Bertz CT molecular complexity index is 207. The molecule has 0 radical (unpaired) electrons. The second-order valence-corrected chi connectivity index (χ2v) is 3.65. The topological polar surface area (TPSA) is 79.2 Å². The third-order valence-corrected chi connectivity index (χ3v) is 2.93. The van der Waals surface area contributed by atoms with E-state index < -0.39 is 24.1 Å². The lowest BCUT2D eigenvalue weighted by Gasteiger charge is -2.35. The lowest BCUT2D eigenvalue weighted by Crippen LogP contribution is -2.51. The molecule has 2 aliphatic rings. The molecule has 0 amide bonds. The van der Waals surface area contributed by atoms with Gasteiger partial charge < -0.3 is 24.8 Å². The summed E-state index contributed by atoms with van der Waals surface area (Å²) in [5.74, 6) is -0.915. The van der Waals surface area contributed by atoms with E-state index in [1.54, 1.807) is 0 Å². The Morgan fingerprint density at radius 2 is 2.15 bits per heavy atom. The molecule has 2 rings (SSSR count). The molecular formula is C8H14O5. The third-order valence-electron chi connectivity index (χ3n) is 2.93.